The van der Waals surface area contributed by atoms with Crippen LogP contribution in [0.25, 0.3) is 0 Å². The first kappa shape index (κ1) is 22.4. The van der Waals surface area contributed by atoms with Crippen LogP contribution < -0.4 is 0 Å². The van der Waals surface area contributed by atoms with Crippen molar-refractivity contribution in [3.8, 4) is 0 Å². The fraction of sp³-hybridized carbons (Fsp3) is 0.947. The van der Waals surface area contributed by atoms with Gasteiger partial charge in [0.15, 0.2) is 0 Å². The molecule has 0 aliphatic carbocycles. The van der Waals surface area contributed by atoms with Gasteiger partial charge in [0.05, 0.1) is 12.7 Å². The highest BCUT2D eigenvalue weighted by atomic mass is 16.3. The summed E-state index contributed by atoms with van der Waals surface area (Å²) in [6, 6.07) is 0. The highest BCUT2D eigenvalue weighted by molar-refractivity contribution is 5.76. The maximum Gasteiger partial charge on any atom is 0.222 e. The van der Waals surface area contributed by atoms with Gasteiger partial charge < -0.3 is 15.1 Å². The summed E-state index contributed by atoms with van der Waals surface area (Å²) >= 11 is 0. The van der Waals surface area contributed by atoms with Crippen LogP contribution in [0.1, 0.15) is 90.9 Å². The van der Waals surface area contributed by atoms with E-state index in [0.717, 1.165) is 25.7 Å². The lowest BCUT2D eigenvalue weighted by Gasteiger charge is -2.25. The monoisotopic (exact) mass is 329 g/mol. The van der Waals surface area contributed by atoms with Crippen LogP contribution in [-0.4, -0.2) is 46.8 Å². The number of aliphatic hydroxyl groups excluding tert-OH is 2. The lowest BCUT2D eigenvalue weighted by Crippen LogP contribution is -2.39. The zero-order valence-corrected chi connectivity index (χ0v) is 15.4. The first-order chi connectivity index (χ1) is 11.2. The number of hydrogen-bond donors (Lipinski definition) is 2. The molecular weight excluding hydrogens is 290 g/mol. The minimum Gasteiger partial charge on any atom is -0.394 e. The second-order valence-corrected chi connectivity index (χ2v) is 6.61. The molecule has 0 aliphatic rings. The molecule has 0 saturated carbocycles. The van der Waals surface area contributed by atoms with Crippen LogP contribution in [-0.2, 0) is 4.79 Å². The summed E-state index contributed by atoms with van der Waals surface area (Å²) in [5, 5.41) is 18.7. The van der Waals surface area contributed by atoms with Crippen molar-refractivity contribution in [1.29, 1.82) is 0 Å². The van der Waals surface area contributed by atoms with Crippen LogP contribution in [0.15, 0.2) is 0 Å². The smallest absolute Gasteiger partial charge is 0.222 e. The summed E-state index contributed by atoms with van der Waals surface area (Å²) in [4.78, 5) is 14.1. The van der Waals surface area contributed by atoms with Crippen molar-refractivity contribution in [3.63, 3.8) is 0 Å². The normalized spacial score (nSPS) is 12.3. The molecule has 4 heteroatoms. The molecule has 0 saturated heterocycles. The minimum atomic E-state index is -0.820. The summed E-state index contributed by atoms with van der Waals surface area (Å²) in [7, 11) is 0. The van der Waals surface area contributed by atoms with Gasteiger partial charge in [-0.1, -0.05) is 71.6 Å². The maximum absolute atomic E-state index is 12.3. The topological polar surface area (TPSA) is 60.8 Å². The molecule has 23 heavy (non-hydrogen) atoms. The van der Waals surface area contributed by atoms with Crippen LogP contribution in [0.4, 0.5) is 0 Å². The van der Waals surface area contributed by atoms with E-state index in [0.29, 0.717) is 13.0 Å². The van der Waals surface area contributed by atoms with Crippen molar-refractivity contribution in [1.82, 2.24) is 4.90 Å². The Bertz CT molecular complexity index is 271. The summed E-state index contributed by atoms with van der Waals surface area (Å²) in [5.74, 6) is 0.127. The first-order valence-electron chi connectivity index (χ1n) is 9.72. The molecule has 2 N–H and O–H groups in total. The molecule has 0 fully saturated rings. The number of amides is 1. The van der Waals surface area contributed by atoms with Crippen molar-refractivity contribution in [2.75, 3.05) is 19.7 Å². The van der Waals surface area contributed by atoms with Crippen molar-refractivity contribution < 1.29 is 15.0 Å². The maximum atomic E-state index is 12.3. The van der Waals surface area contributed by atoms with E-state index in [1.54, 1.807) is 4.90 Å². The van der Waals surface area contributed by atoms with Crippen LogP contribution in [0.5, 0.6) is 0 Å². The van der Waals surface area contributed by atoms with Gasteiger partial charge in [-0.25, -0.2) is 0 Å². The molecule has 0 heterocycles. The van der Waals surface area contributed by atoms with Gasteiger partial charge in [0.2, 0.25) is 5.91 Å². The average Bonchev–Trinajstić information content (AvgIpc) is 2.56. The van der Waals surface area contributed by atoms with Crippen LogP contribution in [0.2, 0.25) is 0 Å². The molecule has 1 atom stereocenters. The molecule has 4 nitrogen and oxygen atoms in total. The van der Waals surface area contributed by atoms with Gasteiger partial charge in [0, 0.05) is 19.5 Å². The van der Waals surface area contributed by atoms with Crippen LogP contribution >= 0.6 is 0 Å². The molecular formula is C19H39NO3. The van der Waals surface area contributed by atoms with Gasteiger partial charge in [-0.3, -0.25) is 4.79 Å². The third-order valence-corrected chi connectivity index (χ3v) is 4.27. The summed E-state index contributed by atoms with van der Waals surface area (Å²) < 4.78 is 0. The Morgan fingerprint density at radius 1 is 0.870 bits per heavy atom. The van der Waals surface area contributed by atoms with E-state index in [9.17, 15) is 9.90 Å². The first-order valence-corrected chi connectivity index (χ1v) is 9.72. The Hall–Kier alpha value is -0.610. The molecule has 0 bridgehead atoms. The predicted molar refractivity (Wildman–Crippen MR) is 96.4 cm³/mol. The number of unbranched alkanes of at least 4 members (excludes halogenated alkanes) is 9. The molecule has 1 unspecified atom stereocenters. The molecule has 138 valence electrons. The molecule has 0 aromatic carbocycles. The number of nitrogens with zero attached hydrogens (tertiary/aromatic N) is 1. The number of carbonyl (C=O) groups excluding carboxylic acids is 1. The zero-order chi connectivity index (χ0) is 17.3. The van der Waals surface area contributed by atoms with E-state index < -0.39 is 6.10 Å². The van der Waals surface area contributed by atoms with E-state index >= 15 is 0 Å². The highest BCUT2D eigenvalue weighted by Gasteiger charge is 2.16. The number of carbonyl (C=O) groups is 1. The average molecular weight is 330 g/mol. The van der Waals surface area contributed by atoms with Gasteiger partial charge >= 0.3 is 0 Å². The van der Waals surface area contributed by atoms with Gasteiger partial charge in [-0.2, -0.15) is 0 Å². The van der Waals surface area contributed by atoms with E-state index in [1.807, 2.05) is 0 Å². The molecule has 0 spiro atoms. The molecule has 0 aromatic heterocycles. The third kappa shape index (κ3) is 13.5. The standard InChI is InChI=1S/C19H39NO3/c1-3-5-7-9-11-13-15-20(16-18(22)17-21)19(23)14-12-10-8-6-4-2/h18,21-22H,3-17H2,1-2H3. The SMILES string of the molecule is CCCCCCCCN(CC(O)CO)C(=O)CCCCCCC. The lowest BCUT2D eigenvalue weighted by molar-refractivity contribution is -0.133. The number of aliphatic hydroxyl groups is 2. The van der Waals surface area contributed by atoms with E-state index in [1.165, 1.54) is 44.9 Å². The molecule has 0 radical (unpaired) electrons. The molecule has 0 rings (SSSR count). The zero-order valence-electron chi connectivity index (χ0n) is 15.4. The van der Waals surface area contributed by atoms with E-state index in [-0.39, 0.29) is 19.1 Å². The second kappa shape index (κ2) is 16.3. The van der Waals surface area contributed by atoms with Crippen LogP contribution in [0, 0.1) is 0 Å². The molecule has 1 amide bonds. The summed E-state index contributed by atoms with van der Waals surface area (Å²) in [5.41, 5.74) is 0. The Morgan fingerprint density at radius 2 is 1.39 bits per heavy atom. The third-order valence-electron chi connectivity index (χ3n) is 4.27. The van der Waals surface area contributed by atoms with Gasteiger partial charge in [-0.05, 0) is 12.8 Å². The Labute approximate surface area is 143 Å². The quantitative estimate of drug-likeness (QED) is 0.422. The van der Waals surface area contributed by atoms with Gasteiger partial charge in [-0.15, -0.1) is 0 Å². The van der Waals surface area contributed by atoms with Gasteiger partial charge in [0.1, 0.15) is 0 Å². The second-order valence-electron chi connectivity index (χ2n) is 6.61. The molecule has 0 aromatic rings. The van der Waals surface area contributed by atoms with Gasteiger partial charge in [0.25, 0.3) is 0 Å². The fourth-order valence-electron chi connectivity index (χ4n) is 2.75. The van der Waals surface area contributed by atoms with Crippen molar-refractivity contribution in [3.05, 3.63) is 0 Å². The Balaban J connectivity index is 4.03. The molecule has 0 aliphatic heterocycles. The largest absolute Gasteiger partial charge is 0.394 e. The number of hydrogen-bond acceptors (Lipinski definition) is 3. The van der Waals surface area contributed by atoms with E-state index in [4.69, 9.17) is 5.11 Å². The summed E-state index contributed by atoms with van der Waals surface area (Å²) in [6.07, 6.45) is 12.6. The Morgan fingerprint density at radius 3 is 1.96 bits per heavy atom. The lowest BCUT2D eigenvalue weighted by atomic mass is 10.1. The summed E-state index contributed by atoms with van der Waals surface area (Å²) in [6.45, 7) is 5.08. The van der Waals surface area contributed by atoms with Crippen molar-refractivity contribution in [2.45, 2.75) is 97.0 Å². The Kier molecular flexibility index (Phi) is 15.8. The minimum absolute atomic E-state index is 0.127. The number of rotatable bonds is 16. The fourth-order valence-corrected chi connectivity index (χ4v) is 2.75. The van der Waals surface area contributed by atoms with E-state index in [2.05, 4.69) is 13.8 Å². The van der Waals surface area contributed by atoms with Crippen LogP contribution in [0.3, 0.4) is 0 Å². The predicted octanol–water partition coefficient (Wildman–Crippen LogP) is 3.89. The highest BCUT2D eigenvalue weighted by Crippen LogP contribution is 2.10. The van der Waals surface area contributed by atoms with Crippen molar-refractivity contribution in [2.24, 2.45) is 0 Å². The van der Waals surface area contributed by atoms with Crippen molar-refractivity contribution >= 4 is 5.91 Å².